The highest BCUT2D eigenvalue weighted by Gasteiger charge is 2.35. The highest BCUT2D eigenvalue weighted by molar-refractivity contribution is 5.85. The minimum Gasteiger partial charge on any atom is -0.508 e. The smallest absolute Gasteiger partial charge is 0.247 e. The van der Waals surface area contributed by atoms with Crippen LogP contribution in [0, 0.1) is 24.2 Å². The normalized spacial score (nSPS) is 15.9. The van der Waals surface area contributed by atoms with E-state index in [0.29, 0.717) is 140 Å². The van der Waals surface area contributed by atoms with Gasteiger partial charge in [0.05, 0.1) is 68.9 Å². The molecule has 24 heteroatoms. The first-order valence-corrected chi connectivity index (χ1v) is 25.9. The van der Waals surface area contributed by atoms with E-state index in [1.807, 2.05) is 33.8 Å². The predicted molar refractivity (Wildman–Crippen MR) is 289 cm³/mol. The van der Waals surface area contributed by atoms with Crippen molar-refractivity contribution in [3.63, 3.8) is 0 Å². The number of hydrogen-bond acceptors (Lipinski definition) is 19. The van der Waals surface area contributed by atoms with Crippen LogP contribution in [-0.2, 0) is 36.6 Å². The number of phenolic OH excluding ortho intramolecular Hbond substituents is 2. The number of nitrogens with two attached hydrogens (primary N) is 2. The molecule has 5 aromatic rings. The number of phenols is 2. The molecule has 7 N–H and O–H groups in total. The average molecular weight is 1070 g/mol. The lowest BCUT2D eigenvalue weighted by atomic mass is 9.97. The van der Waals surface area contributed by atoms with Gasteiger partial charge < -0.3 is 60.8 Å². The molecule has 23 nitrogen and oxygen atoms in total. The zero-order valence-corrected chi connectivity index (χ0v) is 44.9. The molecule has 7 rings (SSSR count). The highest BCUT2D eigenvalue weighted by atomic mass is 35.5. The Kier molecular flexibility index (Phi) is 22.4. The maximum Gasteiger partial charge on any atom is 0.247 e. The molecule has 76 heavy (non-hydrogen) atoms. The van der Waals surface area contributed by atoms with Gasteiger partial charge in [-0.05, 0) is 60.1 Å². The van der Waals surface area contributed by atoms with Crippen LogP contribution in [0.1, 0.15) is 87.2 Å². The Bertz CT molecular complexity index is 2600. The lowest BCUT2D eigenvalue weighted by molar-refractivity contribution is -0.137. The van der Waals surface area contributed by atoms with Crippen LogP contribution in [0.2, 0.25) is 0 Å². The Morgan fingerprint density at radius 3 is 1.74 bits per heavy atom. The van der Waals surface area contributed by atoms with E-state index in [2.05, 4.69) is 57.5 Å². The summed E-state index contributed by atoms with van der Waals surface area (Å²) >= 11 is 0. The molecule has 0 unspecified atom stereocenters. The Morgan fingerprint density at radius 1 is 0.684 bits per heavy atom. The number of piperazine rings is 2. The fourth-order valence-corrected chi connectivity index (χ4v) is 8.99. The zero-order valence-electron chi connectivity index (χ0n) is 44.1. The summed E-state index contributed by atoms with van der Waals surface area (Å²) in [7, 11) is 0. The molecule has 0 aliphatic carbocycles. The molecule has 412 valence electrons. The molecule has 0 bridgehead atoms. The van der Waals surface area contributed by atoms with E-state index in [-0.39, 0.29) is 54.3 Å². The van der Waals surface area contributed by atoms with E-state index in [1.54, 1.807) is 58.2 Å². The van der Waals surface area contributed by atoms with Crippen molar-refractivity contribution in [3.05, 3.63) is 83.4 Å². The van der Waals surface area contributed by atoms with Crippen LogP contribution in [0.25, 0.3) is 0 Å². The lowest BCUT2D eigenvalue weighted by Crippen LogP contribution is -2.52. The van der Waals surface area contributed by atoms with Gasteiger partial charge in [-0.3, -0.25) is 9.59 Å². The van der Waals surface area contributed by atoms with Crippen molar-refractivity contribution in [2.24, 2.45) is 23.3 Å². The fraction of sp³-hybridized carbons (Fsp3) is 0.558. The predicted octanol–water partition coefficient (Wildman–Crippen LogP) is 3.34. The van der Waals surface area contributed by atoms with Gasteiger partial charge in [-0.2, -0.15) is 15.0 Å². The second kappa shape index (κ2) is 29.0. The number of amides is 2. The maximum atomic E-state index is 14.5. The number of carbonyl (C=O) groups excluding carboxylic acids is 2. The molecule has 5 heterocycles. The topological polar surface area (TPSA) is 279 Å². The van der Waals surface area contributed by atoms with Crippen molar-refractivity contribution >= 4 is 42.1 Å². The van der Waals surface area contributed by atoms with Gasteiger partial charge in [0.15, 0.2) is 0 Å². The molecule has 0 radical (unpaired) electrons. The highest BCUT2D eigenvalue weighted by Crippen LogP contribution is 2.28. The third-order valence-corrected chi connectivity index (χ3v) is 13.4. The third-order valence-electron chi connectivity index (χ3n) is 13.4. The summed E-state index contributed by atoms with van der Waals surface area (Å²) in [6.45, 7) is 14.4. The maximum absolute atomic E-state index is 14.5. The quantitative estimate of drug-likeness (QED) is 0.0372. The molecular weight excluding hydrogens is 996 g/mol. The standard InChI is InChI=1S/C52H74N16O7.ClH/c1-6-25-73-27-29-75-30-28-74-26-16-55-50-56-51(65-21-17-63(18-22-65)48(71)46(33-39-10-14-41(70)15-11-39)67-34-44(59-61-67)42(53)31-36(3)4)58-52(57-50)66-23-19-64(20-24-66)49(72)47(37(5)7-2)68-35-45(60-62-68)43(54)32-38-8-12-40(69)13-9-38;/h1,8-15,34-37,42-43,46-47,69-70H,7,16-33,53-54H2,2-5H3,(H,55,56,57,58);1H/t37-,42-,43-,46-,47-;/m0./s1. The van der Waals surface area contributed by atoms with Crippen LogP contribution in [-0.4, -0.2) is 175 Å². The van der Waals surface area contributed by atoms with Crippen LogP contribution in [0.15, 0.2) is 60.9 Å². The Morgan fingerprint density at radius 2 is 1.18 bits per heavy atom. The molecule has 5 atom stereocenters. The van der Waals surface area contributed by atoms with Gasteiger partial charge in [0.2, 0.25) is 29.7 Å². The van der Waals surface area contributed by atoms with E-state index < -0.39 is 18.1 Å². The van der Waals surface area contributed by atoms with E-state index >= 15 is 0 Å². The largest absolute Gasteiger partial charge is 0.508 e. The lowest BCUT2D eigenvalue weighted by Gasteiger charge is -2.38. The minimum atomic E-state index is -0.699. The molecule has 2 aliphatic rings. The third kappa shape index (κ3) is 16.4. The van der Waals surface area contributed by atoms with Gasteiger partial charge in [-0.25, -0.2) is 9.36 Å². The van der Waals surface area contributed by atoms with Gasteiger partial charge in [-0.15, -0.1) is 29.0 Å². The monoisotopic (exact) mass is 1070 g/mol. The molecule has 2 amide bonds. The molecule has 0 spiro atoms. The summed E-state index contributed by atoms with van der Waals surface area (Å²) in [5.74, 6) is 4.19. The van der Waals surface area contributed by atoms with Crippen molar-refractivity contribution in [2.75, 3.05) is 114 Å². The number of terminal acetylenes is 1. The second-order valence-electron chi connectivity index (χ2n) is 19.5. The summed E-state index contributed by atoms with van der Waals surface area (Å²) in [5.41, 5.74) is 16.1. The SMILES string of the molecule is C#CCOCCOCCOCCNc1nc(N2CCN(C(=O)[C@H]([C@@H](C)CC)n3cc([C@@H](N)Cc4ccc(O)cc4)nn3)CC2)nc(N2CCN(C(=O)[C@H](Cc3ccc(O)cc3)n3cc([C@@H](N)CC(C)C)nn3)CC2)n1.Cl. The van der Waals surface area contributed by atoms with Crippen molar-refractivity contribution in [2.45, 2.75) is 77.5 Å². The average Bonchev–Trinajstić information content (AvgIpc) is 4.13. The first kappa shape index (κ1) is 58.6. The van der Waals surface area contributed by atoms with Crippen molar-refractivity contribution in [1.82, 2.24) is 54.7 Å². The van der Waals surface area contributed by atoms with Crippen molar-refractivity contribution in [3.8, 4) is 23.8 Å². The van der Waals surface area contributed by atoms with Crippen LogP contribution < -0.4 is 26.6 Å². The van der Waals surface area contributed by atoms with Gasteiger partial charge in [-0.1, -0.05) is 74.7 Å². The number of aromatic nitrogens is 9. The second-order valence-corrected chi connectivity index (χ2v) is 19.5. The molecule has 2 saturated heterocycles. The number of halogens is 1. The Labute approximate surface area is 451 Å². The van der Waals surface area contributed by atoms with Crippen LogP contribution in [0.4, 0.5) is 17.8 Å². The Hall–Kier alpha value is -6.68. The molecule has 3 aromatic heterocycles. The number of ether oxygens (including phenoxy) is 3. The number of benzene rings is 2. The molecular formula is C52H75ClN16O7. The first-order chi connectivity index (χ1) is 36.3. The molecule has 0 saturated carbocycles. The molecule has 2 aliphatic heterocycles. The van der Waals surface area contributed by atoms with E-state index in [1.165, 1.54) is 0 Å². The summed E-state index contributed by atoms with van der Waals surface area (Å²) in [5, 5.41) is 40.6. The minimum absolute atomic E-state index is 0. The van der Waals surface area contributed by atoms with E-state index in [0.717, 1.165) is 24.0 Å². The summed E-state index contributed by atoms with van der Waals surface area (Å²) in [6, 6.07) is 11.7. The first-order valence-electron chi connectivity index (χ1n) is 25.9. The number of carbonyl (C=O) groups is 2. The number of rotatable bonds is 27. The van der Waals surface area contributed by atoms with Crippen LogP contribution in [0.3, 0.4) is 0 Å². The Balaban J connectivity index is 0.00000937. The van der Waals surface area contributed by atoms with Gasteiger partial charge in [0.25, 0.3) is 0 Å². The summed E-state index contributed by atoms with van der Waals surface area (Å²) < 4.78 is 19.9. The number of aromatic hydroxyl groups is 2. The van der Waals surface area contributed by atoms with E-state index in [4.69, 9.17) is 47.1 Å². The number of nitrogens with one attached hydrogen (secondary N) is 1. The molecule has 2 aromatic carbocycles. The van der Waals surface area contributed by atoms with Gasteiger partial charge in [0, 0.05) is 65.3 Å². The van der Waals surface area contributed by atoms with E-state index in [9.17, 15) is 19.8 Å². The summed E-state index contributed by atoms with van der Waals surface area (Å²) in [6.07, 6.45) is 11.1. The van der Waals surface area contributed by atoms with Crippen molar-refractivity contribution < 1.29 is 34.0 Å². The fourth-order valence-electron chi connectivity index (χ4n) is 8.99. The van der Waals surface area contributed by atoms with Crippen LogP contribution >= 0.6 is 12.4 Å². The molecule has 2 fully saturated rings. The summed E-state index contributed by atoms with van der Waals surface area (Å²) in [4.78, 5) is 51.5. The number of anilines is 3. The van der Waals surface area contributed by atoms with Crippen LogP contribution in [0.5, 0.6) is 11.5 Å². The van der Waals surface area contributed by atoms with Gasteiger partial charge >= 0.3 is 0 Å². The number of hydrogen-bond donors (Lipinski definition) is 5. The number of nitrogens with zero attached hydrogens (tertiary/aromatic N) is 13. The van der Waals surface area contributed by atoms with Crippen molar-refractivity contribution in [1.29, 1.82) is 0 Å². The van der Waals surface area contributed by atoms with Gasteiger partial charge in [0.1, 0.15) is 30.2 Å². The zero-order chi connectivity index (χ0) is 53.3.